The van der Waals surface area contributed by atoms with Gasteiger partial charge in [-0.15, -0.1) is 0 Å². The SMILES string of the molecule is CCc1cc(CC(Cc2ccc(C)cc2)NC)n(C)n1. The van der Waals surface area contributed by atoms with Crippen molar-refractivity contribution < 1.29 is 0 Å². The van der Waals surface area contributed by atoms with Crippen molar-refractivity contribution in [2.24, 2.45) is 7.05 Å². The van der Waals surface area contributed by atoms with Crippen LogP contribution in [0, 0.1) is 6.92 Å². The number of nitrogens with zero attached hydrogens (tertiary/aromatic N) is 2. The van der Waals surface area contributed by atoms with Crippen LogP contribution < -0.4 is 5.32 Å². The van der Waals surface area contributed by atoms with Crippen molar-refractivity contribution >= 4 is 0 Å². The topological polar surface area (TPSA) is 29.9 Å². The van der Waals surface area contributed by atoms with E-state index in [2.05, 4.69) is 54.6 Å². The maximum Gasteiger partial charge on any atom is 0.0624 e. The highest BCUT2D eigenvalue weighted by Gasteiger charge is 2.12. The summed E-state index contributed by atoms with van der Waals surface area (Å²) in [5.74, 6) is 0. The van der Waals surface area contributed by atoms with Crippen LogP contribution in [-0.2, 0) is 26.3 Å². The van der Waals surface area contributed by atoms with Crippen molar-refractivity contribution in [3.63, 3.8) is 0 Å². The molecule has 0 spiro atoms. The van der Waals surface area contributed by atoms with Gasteiger partial charge in [0.05, 0.1) is 5.69 Å². The Morgan fingerprint density at radius 2 is 1.90 bits per heavy atom. The molecule has 0 aliphatic carbocycles. The minimum atomic E-state index is 0.442. The number of benzene rings is 1. The number of hydrogen-bond donors (Lipinski definition) is 1. The molecule has 2 aromatic rings. The lowest BCUT2D eigenvalue weighted by Gasteiger charge is -2.16. The van der Waals surface area contributed by atoms with Gasteiger partial charge in [-0.2, -0.15) is 5.10 Å². The predicted molar refractivity (Wildman–Crippen MR) is 84.0 cm³/mol. The minimum Gasteiger partial charge on any atom is -0.316 e. The lowest BCUT2D eigenvalue weighted by atomic mass is 10.0. The second-order valence-electron chi connectivity index (χ2n) is 5.48. The third-order valence-electron chi connectivity index (χ3n) is 3.86. The summed E-state index contributed by atoms with van der Waals surface area (Å²) in [6.07, 6.45) is 3.05. The number of likely N-dealkylation sites (N-methyl/N-ethyl adjacent to an activating group) is 1. The van der Waals surface area contributed by atoms with Crippen molar-refractivity contribution in [2.45, 2.75) is 39.2 Å². The van der Waals surface area contributed by atoms with E-state index in [9.17, 15) is 0 Å². The van der Waals surface area contributed by atoms with Crippen LogP contribution in [0.1, 0.15) is 29.4 Å². The molecule has 0 radical (unpaired) electrons. The Morgan fingerprint density at radius 1 is 1.20 bits per heavy atom. The van der Waals surface area contributed by atoms with Crippen molar-refractivity contribution in [1.82, 2.24) is 15.1 Å². The van der Waals surface area contributed by atoms with E-state index in [-0.39, 0.29) is 0 Å². The monoisotopic (exact) mass is 271 g/mol. The normalized spacial score (nSPS) is 12.6. The van der Waals surface area contributed by atoms with Crippen LogP contribution >= 0.6 is 0 Å². The summed E-state index contributed by atoms with van der Waals surface area (Å²) < 4.78 is 2.01. The molecule has 0 fully saturated rings. The molecule has 0 saturated heterocycles. The van der Waals surface area contributed by atoms with Gasteiger partial charge in [0.15, 0.2) is 0 Å². The van der Waals surface area contributed by atoms with Gasteiger partial charge in [0, 0.05) is 25.2 Å². The third-order valence-corrected chi connectivity index (χ3v) is 3.86. The highest BCUT2D eigenvalue weighted by Crippen LogP contribution is 2.11. The molecule has 1 atom stereocenters. The molecule has 1 unspecified atom stereocenters. The summed E-state index contributed by atoms with van der Waals surface area (Å²) in [5.41, 5.74) is 5.17. The Hall–Kier alpha value is -1.61. The number of aryl methyl sites for hydroxylation is 3. The van der Waals surface area contributed by atoms with E-state index in [1.54, 1.807) is 0 Å². The maximum atomic E-state index is 4.52. The van der Waals surface area contributed by atoms with Gasteiger partial charge in [0.25, 0.3) is 0 Å². The molecule has 108 valence electrons. The van der Waals surface area contributed by atoms with Crippen LogP contribution in [0.5, 0.6) is 0 Å². The molecule has 0 amide bonds. The number of hydrogen-bond acceptors (Lipinski definition) is 2. The summed E-state index contributed by atoms with van der Waals surface area (Å²) in [6, 6.07) is 11.5. The highest BCUT2D eigenvalue weighted by molar-refractivity contribution is 5.22. The standard InChI is InChI=1S/C17H25N3/c1-5-15-11-17(20(4)19-15)12-16(18-3)10-14-8-6-13(2)7-9-14/h6-9,11,16,18H,5,10,12H2,1-4H3. The van der Waals surface area contributed by atoms with Gasteiger partial charge in [-0.1, -0.05) is 36.8 Å². The van der Waals surface area contributed by atoms with E-state index >= 15 is 0 Å². The van der Waals surface area contributed by atoms with Crippen molar-refractivity contribution in [3.05, 3.63) is 52.8 Å². The maximum absolute atomic E-state index is 4.52. The third kappa shape index (κ3) is 3.70. The molecule has 3 heteroatoms. The van der Waals surface area contributed by atoms with Crippen LogP contribution in [0.4, 0.5) is 0 Å². The lowest BCUT2D eigenvalue weighted by Crippen LogP contribution is -2.30. The number of aromatic nitrogens is 2. The fourth-order valence-electron chi connectivity index (χ4n) is 2.47. The summed E-state index contributed by atoms with van der Waals surface area (Å²) >= 11 is 0. The molecule has 1 aromatic carbocycles. The molecule has 1 aromatic heterocycles. The summed E-state index contributed by atoms with van der Waals surface area (Å²) in [6.45, 7) is 4.27. The van der Waals surface area contributed by atoms with Crippen molar-refractivity contribution in [3.8, 4) is 0 Å². The van der Waals surface area contributed by atoms with E-state index < -0.39 is 0 Å². The zero-order chi connectivity index (χ0) is 14.5. The number of nitrogens with one attached hydrogen (secondary N) is 1. The fraction of sp³-hybridized carbons (Fsp3) is 0.471. The molecular weight excluding hydrogens is 246 g/mol. The van der Waals surface area contributed by atoms with E-state index in [1.807, 2.05) is 18.8 Å². The average Bonchev–Trinajstić information content (AvgIpc) is 2.81. The van der Waals surface area contributed by atoms with Gasteiger partial charge in [0.2, 0.25) is 0 Å². The lowest BCUT2D eigenvalue weighted by molar-refractivity contribution is 0.533. The molecule has 1 heterocycles. The zero-order valence-corrected chi connectivity index (χ0v) is 13.0. The van der Waals surface area contributed by atoms with Crippen LogP contribution in [0.15, 0.2) is 30.3 Å². The first kappa shape index (κ1) is 14.8. The van der Waals surface area contributed by atoms with Gasteiger partial charge in [-0.3, -0.25) is 4.68 Å². The number of rotatable bonds is 6. The van der Waals surface area contributed by atoms with Crippen molar-refractivity contribution in [2.75, 3.05) is 7.05 Å². The Labute approximate surface area is 122 Å². The molecular formula is C17H25N3. The molecule has 20 heavy (non-hydrogen) atoms. The zero-order valence-electron chi connectivity index (χ0n) is 13.0. The first-order valence-corrected chi connectivity index (χ1v) is 7.37. The van der Waals surface area contributed by atoms with Crippen LogP contribution in [-0.4, -0.2) is 22.9 Å². The molecule has 0 aliphatic heterocycles. The fourth-order valence-corrected chi connectivity index (χ4v) is 2.47. The first-order valence-electron chi connectivity index (χ1n) is 7.37. The largest absolute Gasteiger partial charge is 0.316 e. The summed E-state index contributed by atoms with van der Waals surface area (Å²) in [5, 5.41) is 7.95. The second kappa shape index (κ2) is 6.71. The Bertz CT molecular complexity index is 540. The predicted octanol–water partition coefficient (Wildman–Crippen LogP) is 2.66. The van der Waals surface area contributed by atoms with Crippen molar-refractivity contribution in [1.29, 1.82) is 0 Å². The van der Waals surface area contributed by atoms with Gasteiger partial charge >= 0.3 is 0 Å². The average molecular weight is 271 g/mol. The minimum absolute atomic E-state index is 0.442. The first-order chi connectivity index (χ1) is 9.62. The molecule has 0 aliphatic rings. The molecule has 3 nitrogen and oxygen atoms in total. The van der Waals surface area contributed by atoms with Gasteiger partial charge in [-0.05, 0) is 38.4 Å². The molecule has 1 N–H and O–H groups in total. The van der Waals surface area contributed by atoms with Gasteiger partial charge < -0.3 is 5.32 Å². The quantitative estimate of drug-likeness (QED) is 0.875. The van der Waals surface area contributed by atoms with Crippen LogP contribution in [0.25, 0.3) is 0 Å². The van der Waals surface area contributed by atoms with Gasteiger partial charge in [0.1, 0.15) is 0 Å². The summed E-state index contributed by atoms with van der Waals surface area (Å²) in [4.78, 5) is 0. The summed E-state index contributed by atoms with van der Waals surface area (Å²) in [7, 11) is 4.07. The van der Waals surface area contributed by atoms with E-state index in [1.165, 1.54) is 22.5 Å². The Balaban J connectivity index is 2.04. The van der Waals surface area contributed by atoms with Gasteiger partial charge in [-0.25, -0.2) is 0 Å². The Kier molecular flexibility index (Phi) is 4.96. The molecule has 0 saturated carbocycles. The second-order valence-corrected chi connectivity index (χ2v) is 5.48. The van der Waals surface area contributed by atoms with Crippen LogP contribution in [0.3, 0.4) is 0 Å². The molecule has 2 rings (SSSR count). The Morgan fingerprint density at radius 3 is 2.45 bits per heavy atom. The smallest absolute Gasteiger partial charge is 0.0624 e. The van der Waals surface area contributed by atoms with E-state index in [4.69, 9.17) is 0 Å². The molecule has 0 bridgehead atoms. The van der Waals surface area contributed by atoms with E-state index in [0.717, 1.165) is 19.3 Å². The van der Waals surface area contributed by atoms with Crippen LogP contribution in [0.2, 0.25) is 0 Å². The van der Waals surface area contributed by atoms with E-state index in [0.29, 0.717) is 6.04 Å². The highest BCUT2D eigenvalue weighted by atomic mass is 15.3.